The highest BCUT2D eigenvalue weighted by Gasteiger charge is 2.31. The molecule has 1 aliphatic rings. The quantitative estimate of drug-likeness (QED) is 0.756. The standard InChI is InChI=1S/C21H24N4O/c1-14-5-3-4-6-19(14)17-10-18(11-17)23-21(26)22-12-15-7-8-16-13-25(2)24-20(16)9-15/h3-9,13,17-18H,10-12H2,1-2H3,(H2,22,23,26). The Hall–Kier alpha value is -2.82. The van der Waals surface area contributed by atoms with E-state index in [0.29, 0.717) is 12.5 Å². The molecular formula is C21H24N4O. The summed E-state index contributed by atoms with van der Waals surface area (Å²) in [6.45, 7) is 2.66. The van der Waals surface area contributed by atoms with Crippen molar-refractivity contribution in [1.29, 1.82) is 0 Å². The highest BCUT2D eigenvalue weighted by atomic mass is 16.2. The minimum atomic E-state index is -0.0978. The molecule has 0 atom stereocenters. The van der Waals surface area contributed by atoms with Crippen LogP contribution in [0, 0.1) is 6.92 Å². The summed E-state index contributed by atoms with van der Waals surface area (Å²) in [7, 11) is 1.91. The van der Waals surface area contributed by atoms with Gasteiger partial charge in [0, 0.05) is 31.2 Å². The molecule has 2 N–H and O–H groups in total. The van der Waals surface area contributed by atoms with Gasteiger partial charge in [-0.1, -0.05) is 36.4 Å². The average Bonchev–Trinajstić information content (AvgIpc) is 2.96. The first-order chi connectivity index (χ1) is 12.6. The summed E-state index contributed by atoms with van der Waals surface area (Å²) in [5, 5.41) is 11.5. The molecule has 5 heteroatoms. The van der Waals surface area contributed by atoms with Crippen LogP contribution in [-0.2, 0) is 13.6 Å². The van der Waals surface area contributed by atoms with E-state index in [2.05, 4.69) is 46.9 Å². The molecule has 0 unspecified atom stereocenters. The molecule has 0 spiro atoms. The number of hydrogen-bond acceptors (Lipinski definition) is 2. The number of benzene rings is 2. The molecule has 1 aromatic heterocycles. The molecule has 1 heterocycles. The van der Waals surface area contributed by atoms with Gasteiger partial charge in [-0.2, -0.15) is 5.10 Å². The second-order valence-corrected chi connectivity index (χ2v) is 7.24. The summed E-state index contributed by atoms with van der Waals surface area (Å²) in [5.41, 5.74) is 4.75. The number of amides is 2. The van der Waals surface area contributed by atoms with Crippen LogP contribution in [0.15, 0.2) is 48.7 Å². The molecule has 0 bridgehead atoms. The van der Waals surface area contributed by atoms with Crippen molar-refractivity contribution in [3.05, 3.63) is 65.4 Å². The van der Waals surface area contributed by atoms with Gasteiger partial charge in [-0.25, -0.2) is 4.79 Å². The fourth-order valence-electron chi connectivity index (χ4n) is 3.75. The molecular weight excluding hydrogens is 324 g/mol. The molecule has 134 valence electrons. The van der Waals surface area contributed by atoms with Gasteiger partial charge in [-0.3, -0.25) is 4.68 Å². The first-order valence-electron chi connectivity index (χ1n) is 9.10. The van der Waals surface area contributed by atoms with Crippen molar-refractivity contribution < 1.29 is 4.79 Å². The van der Waals surface area contributed by atoms with Crippen molar-refractivity contribution >= 4 is 16.9 Å². The molecule has 1 aliphatic carbocycles. The van der Waals surface area contributed by atoms with Gasteiger partial charge in [-0.05, 0) is 48.4 Å². The molecule has 0 aliphatic heterocycles. The van der Waals surface area contributed by atoms with Crippen LogP contribution < -0.4 is 10.6 Å². The maximum absolute atomic E-state index is 12.2. The van der Waals surface area contributed by atoms with Gasteiger partial charge in [-0.15, -0.1) is 0 Å². The van der Waals surface area contributed by atoms with Crippen LogP contribution in [0.5, 0.6) is 0 Å². The van der Waals surface area contributed by atoms with Crippen molar-refractivity contribution in [2.75, 3.05) is 0 Å². The number of rotatable bonds is 4. The third kappa shape index (κ3) is 3.43. The second-order valence-electron chi connectivity index (χ2n) is 7.24. The Morgan fingerprint density at radius 2 is 2.04 bits per heavy atom. The van der Waals surface area contributed by atoms with E-state index in [-0.39, 0.29) is 12.1 Å². The van der Waals surface area contributed by atoms with Crippen LogP contribution in [0.1, 0.15) is 35.4 Å². The van der Waals surface area contributed by atoms with E-state index in [9.17, 15) is 4.79 Å². The van der Waals surface area contributed by atoms with Gasteiger partial charge in [0.1, 0.15) is 0 Å². The van der Waals surface area contributed by atoms with E-state index in [1.165, 1.54) is 11.1 Å². The van der Waals surface area contributed by atoms with Crippen molar-refractivity contribution in [2.24, 2.45) is 7.05 Å². The Bertz CT molecular complexity index is 940. The normalized spacial score (nSPS) is 19.2. The van der Waals surface area contributed by atoms with E-state index in [1.807, 2.05) is 31.4 Å². The molecule has 26 heavy (non-hydrogen) atoms. The first kappa shape index (κ1) is 16.6. The number of aromatic nitrogens is 2. The fourth-order valence-corrected chi connectivity index (χ4v) is 3.75. The Kier molecular flexibility index (Phi) is 4.37. The Balaban J connectivity index is 1.26. The monoisotopic (exact) mass is 348 g/mol. The highest BCUT2D eigenvalue weighted by Crippen LogP contribution is 2.38. The molecule has 1 fully saturated rings. The maximum Gasteiger partial charge on any atom is 0.315 e. The number of aryl methyl sites for hydroxylation is 2. The Morgan fingerprint density at radius 1 is 1.23 bits per heavy atom. The average molecular weight is 348 g/mol. The minimum Gasteiger partial charge on any atom is -0.335 e. The maximum atomic E-state index is 12.2. The van der Waals surface area contributed by atoms with Crippen LogP contribution in [-0.4, -0.2) is 21.9 Å². The van der Waals surface area contributed by atoms with Crippen molar-refractivity contribution in [3.8, 4) is 0 Å². The molecule has 0 saturated heterocycles. The van der Waals surface area contributed by atoms with E-state index >= 15 is 0 Å². The fraction of sp³-hybridized carbons (Fsp3) is 0.333. The number of nitrogens with zero attached hydrogens (tertiary/aromatic N) is 2. The molecule has 2 aromatic carbocycles. The lowest BCUT2D eigenvalue weighted by Crippen LogP contribution is -2.47. The molecule has 4 rings (SSSR count). The van der Waals surface area contributed by atoms with Crippen LogP contribution >= 0.6 is 0 Å². The first-order valence-corrected chi connectivity index (χ1v) is 9.10. The van der Waals surface area contributed by atoms with Crippen LogP contribution in [0.25, 0.3) is 10.9 Å². The third-order valence-electron chi connectivity index (χ3n) is 5.24. The van der Waals surface area contributed by atoms with Gasteiger partial charge in [0.2, 0.25) is 0 Å². The van der Waals surface area contributed by atoms with Crippen molar-refractivity contribution in [3.63, 3.8) is 0 Å². The summed E-state index contributed by atoms with van der Waals surface area (Å²) in [4.78, 5) is 12.2. The van der Waals surface area contributed by atoms with Crippen LogP contribution in [0.3, 0.4) is 0 Å². The van der Waals surface area contributed by atoms with E-state index in [4.69, 9.17) is 0 Å². The number of hydrogen-bond donors (Lipinski definition) is 2. The SMILES string of the molecule is Cc1ccccc1C1CC(NC(=O)NCc2ccc3cn(C)nc3c2)C1. The smallest absolute Gasteiger partial charge is 0.315 e. The van der Waals surface area contributed by atoms with E-state index in [1.54, 1.807) is 4.68 Å². The summed E-state index contributed by atoms with van der Waals surface area (Å²) < 4.78 is 1.80. The molecule has 0 radical (unpaired) electrons. The zero-order valence-electron chi connectivity index (χ0n) is 15.2. The molecule has 3 aromatic rings. The largest absolute Gasteiger partial charge is 0.335 e. The predicted octanol–water partition coefficient (Wildman–Crippen LogP) is 3.63. The summed E-state index contributed by atoms with van der Waals surface area (Å²) in [6.07, 6.45) is 4.01. The summed E-state index contributed by atoms with van der Waals surface area (Å²) in [6, 6.07) is 14.8. The zero-order chi connectivity index (χ0) is 18.1. The summed E-state index contributed by atoms with van der Waals surface area (Å²) in [5.74, 6) is 0.563. The second kappa shape index (κ2) is 6.83. The van der Waals surface area contributed by atoms with Gasteiger partial charge in [0.05, 0.1) is 5.52 Å². The number of urea groups is 1. The van der Waals surface area contributed by atoms with Gasteiger partial charge in [0.15, 0.2) is 0 Å². The lowest BCUT2D eigenvalue weighted by Gasteiger charge is -2.36. The van der Waals surface area contributed by atoms with Crippen molar-refractivity contribution in [2.45, 2.75) is 38.3 Å². The number of carbonyl (C=O) groups is 1. The molecule has 1 saturated carbocycles. The highest BCUT2D eigenvalue weighted by molar-refractivity contribution is 5.79. The molecule has 5 nitrogen and oxygen atoms in total. The Labute approximate surface area is 153 Å². The topological polar surface area (TPSA) is 59.0 Å². The van der Waals surface area contributed by atoms with Crippen LogP contribution in [0.2, 0.25) is 0 Å². The zero-order valence-corrected chi connectivity index (χ0v) is 15.2. The Morgan fingerprint density at radius 3 is 2.85 bits per heavy atom. The number of fused-ring (bicyclic) bond motifs is 1. The lowest BCUT2D eigenvalue weighted by atomic mass is 9.74. The van der Waals surface area contributed by atoms with Crippen molar-refractivity contribution in [1.82, 2.24) is 20.4 Å². The van der Waals surface area contributed by atoms with Gasteiger partial charge < -0.3 is 10.6 Å². The van der Waals surface area contributed by atoms with Crippen LogP contribution in [0.4, 0.5) is 4.79 Å². The predicted molar refractivity (Wildman–Crippen MR) is 103 cm³/mol. The molecule has 2 amide bonds. The van der Waals surface area contributed by atoms with Gasteiger partial charge >= 0.3 is 6.03 Å². The minimum absolute atomic E-state index is 0.0978. The summed E-state index contributed by atoms with van der Waals surface area (Å²) >= 11 is 0. The van der Waals surface area contributed by atoms with E-state index in [0.717, 1.165) is 29.3 Å². The van der Waals surface area contributed by atoms with Gasteiger partial charge in [0.25, 0.3) is 0 Å². The number of nitrogens with one attached hydrogen (secondary N) is 2. The van der Waals surface area contributed by atoms with E-state index < -0.39 is 0 Å². The third-order valence-corrected chi connectivity index (χ3v) is 5.24. The number of carbonyl (C=O) groups excluding carboxylic acids is 1. The lowest BCUT2D eigenvalue weighted by molar-refractivity contribution is 0.222.